The van der Waals surface area contributed by atoms with Gasteiger partial charge in [0.2, 0.25) is 4.96 Å². The number of halogens is 2. The molecule has 4 aromatic rings. The van der Waals surface area contributed by atoms with Gasteiger partial charge in [0.1, 0.15) is 5.01 Å². The van der Waals surface area contributed by atoms with Crippen molar-refractivity contribution in [2.75, 3.05) is 19.0 Å². The van der Waals surface area contributed by atoms with Crippen LogP contribution < -0.4 is 4.90 Å². The van der Waals surface area contributed by atoms with E-state index in [2.05, 4.69) is 15.3 Å². The summed E-state index contributed by atoms with van der Waals surface area (Å²) in [7, 11) is 4.01. The average molecular weight is 390 g/mol. The van der Waals surface area contributed by atoms with Crippen LogP contribution >= 0.6 is 34.5 Å². The molecule has 8 heteroatoms. The summed E-state index contributed by atoms with van der Waals surface area (Å²) in [6.45, 7) is 0. The van der Waals surface area contributed by atoms with E-state index in [0.717, 1.165) is 21.8 Å². The molecule has 0 aliphatic heterocycles. The van der Waals surface area contributed by atoms with E-state index in [1.807, 2.05) is 43.3 Å². The van der Waals surface area contributed by atoms with Gasteiger partial charge in [0, 0.05) is 35.9 Å². The summed E-state index contributed by atoms with van der Waals surface area (Å²) >= 11 is 13.8. The van der Waals surface area contributed by atoms with Crippen molar-refractivity contribution in [2.45, 2.75) is 0 Å². The first-order chi connectivity index (χ1) is 12.0. The van der Waals surface area contributed by atoms with Crippen molar-refractivity contribution >= 4 is 45.2 Å². The summed E-state index contributed by atoms with van der Waals surface area (Å²) in [5, 5.41) is 15.1. The highest BCUT2D eigenvalue weighted by Gasteiger charge is 2.16. The lowest BCUT2D eigenvalue weighted by Gasteiger charge is -2.12. The fourth-order valence-corrected chi connectivity index (χ4v) is 3.78. The average Bonchev–Trinajstić information content (AvgIpc) is 3.17. The van der Waals surface area contributed by atoms with E-state index in [4.69, 9.17) is 23.2 Å². The Kier molecular flexibility index (Phi) is 4.11. The number of hydrogen-bond acceptors (Lipinski definition) is 5. The normalized spacial score (nSPS) is 11.2. The molecule has 0 aliphatic rings. The maximum absolute atomic E-state index is 6.29. The zero-order valence-corrected chi connectivity index (χ0v) is 15.8. The van der Waals surface area contributed by atoms with Crippen molar-refractivity contribution in [2.24, 2.45) is 0 Å². The third kappa shape index (κ3) is 2.97. The Morgan fingerprint density at radius 3 is 2.48 bits per heavy atom. The standard InChI is InChI=1S/C17H13Cl2N5S/c1-23(2)12-6-3-10(4-7-12)15-20-21-17-24(15)22-16(25-17)13-9-11(18)5-8-14(13)19/h3-9H,1-2H3. The van der Waals surface area contributed by atoms with Crippen molar-refractivity contribution in [3.63, 3.8) is 0 Å². The van der Waals surface area contributed by atoms with Gasteiger partial charge >= 0.3 is 0 Å². The van der Waals surface area contributed by atoms with E-state index in [0.29, 0.717) is 20.8 Å². The molecule has 0 radical (unpaired) electrons. The van der Waals surface area contributed by atoms with Crippen LogP contribution in [-0.4, -0.2) is 33.9 Å². The molecule has 2 aromatic heterocycles. The van der Waals surface area contributed by atoms with Gasteiger partial charge in [-0.3, -0.25) is 0 Å². The number of benzene rings is 2. The maximum atomic E-state index is 6.29. The third-order valence-electron chi connectivity index (χ3n) is 3.79. The molecule has 0 spiro atoms. The van der Waals surface area contributed by atoms with E-state index in [1.54, 1.807) is 22.7 Å². The lowest BCUT2D eigenvalue weighted by molar-refractivity contribution is 0.970. The molecule has 5 nitrogen and oxygen atoms in total. The highest BCUT2D eigenvalue weighted by Crippen LogP contribution is 2.34. The minimum absolute atomic E-state index is 0.603. The van der Waals surface area contributed by atoms with Gasteiger partial charge in [-0.15, -0.1) is 10.2 Å². The predicted octanol–water partition coefficient (Wildman–Crippen LogP) is 4.89. The van der Waals surface area contributed by atoms with Crippen LogP contribution in [-0.2, 0) is 0 Å². The van der Waals surface area contributed by atoms with Crippen LogP contribution in [0, 0.1) is 0 Å². The van der Waals surface area contributed by atoms with E-state index in [-0.39, 0.29) is 0 Å². The molecule has 0 bridgehead atoms. The first kappa shape index (κ1) is 16.3. The minimum atomic E-state index is 0.603. The summed E-state index contributed by atoms with van der Waals surface area (Å²) in [5.74, 6) is 0.695. The lowest BCUT2D eigenvalue weighted by Crippen LogP contribution is -2.08. The fraction of sp³-hybridized carbons (Fsp3) is 0.118. The molecule has 126 valence electrons. The van der Waals surface area contributed by atoms with Crippen LogP contribution in [0.1, 0.15) is 0 Å². The highest BCUT2D eigenvalue weighted by molar-refractivity contribution is 7.19. The number of anilines is 1. The van der Waals surface area contributed by atoms with Gasteiger partial charge in [0.25, 0.3) is 0 Å². The molecule has 0 fully saturated rings. The first-order valence-electron chi connectivity index (χ1n) is 7.48. The predicted molar refractivity (Wildman–Crippen MR) is 104 cm³/mol. The maximum Gasteiger partial charge on any atom is 0.235 e. The van der Waals surface area contributed by atoms with Gasteiger partial charge in [0.15, 0.2) is 5.82 Å². The van der Waals surface area contributed by atoms with Crippen LogP contribution in [0.15, 0.2) is 42.5 Å². The van der Waals surface area contributed by atoms with Crippen LogP contribution in [0.4, 0.5) is 5.69 Å². The highest BCUT2D eigenvalue weighted by atomic mass is 35.5. The number of nitrogens with zero attached hydrogens (tertiary/aromatic N) is 5. The zero-order valence-electron chi connectivity index (χ0n) is 13.4. The Morgan fingerprint density at radius 1 is 1.00 bits per heavy atom. The summed E-state index contributed by atoms with van der Waals surface area (Å²) in [6, 6.07) is 13.4. The van der Waals surface area contributed by atoms with Gasteiger partial charge < -0.3 is 4.90 Å². The molecule has 0 saturated carbocycles. The Hall–Kier alpha value is -2.15. The second-order valence-corrected chi connectivity index (χ2v) is 7.49. The Bertz CT molecular complexity index is 1050. The Labute approximate surface area is 158 Å². The summed E-state index contributed by atoms with van der Waals surface area (Å²) in [4.78, 5) is 2.75. The molecular formula is C17H13Cl2N5S. The zero-order chi connectivity index (χ0) is 17.6. The van der Waals surface area contributed by atoms with Crippen LogP contribution in [0.2, 0.25) is 10.0 Å². The van der Waals surface area contributed by atoms with E-state index in [1.165, 1.54) is 11.3 Å². The van der Waals surface area contributed by atoms with Gasteiger partial charge in [-0.1, -0.05) is 34.5 Å². The minimum Gasteiger partial charge on any atom is -0.378 e. The van der Waals surface area contributed by atoms with E-state index >= 15 is 0 Å². The quantitative estimate of drug-likeness (QED) is 0.500. The van der Waals surface area contributed by atoms with Gasteiger partial charge in [-0.05, 0) is 42.5 Å². The largest absolute Gasteiger partial charge is 0.378 e. The van der Waals surface area contributed by atoms with Gasteiger partial charge in [-0.25, -0.2) is 0 Å². The fourth-order valence-electron chi connectivity index (χ4n) is 2.48. The van der Waals surface area contributed by atoms with Gasteiger partial charge in [-0.2, -0.15) is 9.61 Å². The summed E-state index contributed by atoms with van der Waals surface area (Å²) in [6.07, 6.45) is 0. The molecular weight excluding hydrogens is 377 g/mol. The molecule has 2 aromatic carbocycles. The van der Waals surface area contributed by atoms with Crippen LogP contribution in [0.5, 0.6) is 0 Å². The number of rotatable bonds is 3. The molecule has 0 N–H and O–H groups in total. The molecule has 0 saturated heterocycles. The number of hydrogen-bond donors (Lipinski definition) is 0. The molecule has 4 rings (SSSR count). The summed E-state index contributed by atoms with van der Waals surface area (Å²) in [5.41, 5.74) is 2.86. The van der Waals surface area contributed by atoms with Crippen LogP contribution in [0.3, 0.4) is 0 Å². The second-order valence-electron chi connectivity index (χ2n) is 5.69. The molecule has 0 atom stereocenters. The number of fused-ring (bicyclic) bond motifs is 1. The topological polar surface area (TPSA) is 46.3 Å². The Morgan fingerprint density at radius 2 is 1.76 bits per heavy atom. The molecule has 0 aliphatic carbocycles. The van der Waals surface area contributed by atoms with Crippen molar-refractivity contribution < 1.29 is 0 Å². The smallest absolute Gasteiger partial charge is 0.235 e. The van der Waals surface area contributed by atoms with E-state index < -0.39 is 0 Å². The molecule has 25 heavy (non-hydrogen) atoms. The van der Waals surface area contributed by atoms with Crippen molar-refractivity contribution in [3.05, 3.63) is 52.5 Å². The van der Waals surface area contributed by atoms with Gasteiger partial charge in [0.05, 0.1) is 5.02 Å². The van der Waals surface area contributed by atoms with Crippen LogP contribution in [0.25, 0.3) is 26.9 Å². The molecule has 0 amide bonds. The first-order valence-corrected chi connectivity index (χ1v) is 9.05. The Balaban J connectivity index is 1.79. The second kappa shape index (κ2) is 6.29. The number of aromatic nitrogens is 4. The monoisotopic (exact) mass is 389 g/mol. The van der Waals surface area contributed by atoms with E-state index in [9.17, 15) is 0 Å². The molecule has 2 heterocycles. The SMILES string of the molecule is CN(C)c1ccc(-c2nnc3sc(-c4cc(Cl)ccc4Cl)nn23)cc1. The lowest BCUT2D eigenvalue weighted by atomic mass is 10.2. The van der Waals surface area contributed by atoms with Crippen molar-refractivity contribution in [3.8, 4) is 22.0 Å². The summed E-state index contributed by atoms with van der Waals surface area (Å²) < 4.78 is 1.74. The van der Waals surface area contributed by atoms with Crippen molar-refractivity contribution in [1.82, 2.24) is 19.8 Å². The molecule has 0 unspecified atom stereocenters. The third-order valence-corrected chi connectivity index (χ3v) is 5.29. The van der Waals surface area contributed by atoms with Crippen molar-refractivity contribution in [1.29, 1.82) is 0 Å².